The molecule has 5 heteroatoms. The predicted molar refractivity (Wildman–Crippen MR) is 56.1 cm³/mol. The number of hydrogen-bond donors (Lipinski definition) is 1. The smallest absolute Gasteiger partial charge is 0.272 e. The van der Waals surface area contributed by atoms with E-state index in [4.69, 9.17) is 4.55 Å². The van der Waals surface area contributed by atoms with Crippen molar-refractivity contribution in [2.75, 3.05) is 0 Å². The Hall–Kier alpha value is -1.20. The van der Waals surface area contributed by atoms with Crippen LogP contribution < -0.4 is 0 Å². The largest absolute Gasteiger partial charge is 0.303 e. The van der Waals surface area contributed by atoms with E-state index in [0.29, 0.717) is 11.8 Å². The summed E-state index contributed by atoms with van der Waals surface area (Å²) in [7, 11) is -4.22. The van der Waals surface area contributed by atoms with Gasteiger partial charge in [-0.25, -0.2) is 0 Å². The predicted octanol–water partition coefficient (Wildman–Crippen LogP) is 1.51. The average Bonchev–Trinajstić information content (AvgIpc) is 2.14. The van der Waals surface area contributed by atoms with Crippen molar-refractivity contribution in [3.05, 3.63) is 35.4 Å². The summed E-state index contributed by atoms with van der Waals surface area (Å²) in [4.78, 5) is 10.3. The summed E-state index contributed by atoms with van der Waals surface area (Å²) in [6.45, 7) is 1.87. The van der Waals surface area contributed by atoms with E-state index in [9.17, 15) is 13.2 Å². The molecule has 0 saturated carbocycles. The minimum absolute atomic E-state index is 0.234. The summed E-state index contributed by atoms with van der Waals surface area (Å²) in [5, 5.41) is -1.16. The van der Waals surface area contributed by atoms with E-state index >= 15 is 0 Å². The molecule has 15 heavy (non-hydrogen) atoms. The van der Waals surface area contributed by atoms with Gasteiger partial charge in [-0.2, -0.15) is 8.42 Å². The number of rotatable bonds is 4. The molecule has 0 bridgehead atoms. The molecule has 0 aliphatic carbocycles. The van der Waals surface area contributed by atoms with Gasteiger partial charge in [-0.1, -0.05) is 29.8 Å². The molecule has 0 radical (unpaired) electrons. The molecule has 1 aromatic rings. The molecular formula is C10H12O4S. The van der Waals surface area contributed by atoms with Crippen molar-refractivity contribution in [1.82, 2.24) is 0 Å². The molecule has 0 aromatic heterocycles. The lowest BCUT2D eigenvalue weighted by Gasteiger charge is -2.11. The van der Waals surface area contributed by atoms with Crippen molar-refractivity contribution in [3.8, 4) is 0 Å². The number of aryl methyl sites for hydroxylation is 1. The van der Waals surface area contributed by atoms with Gasteiger partial charge in [0.1, 0.15) is 11.5 Å². The van der Waals surface area contributed by atoms with Crippen molar-refractivity contribution in [3.63, 3.8) is 0 Å². The zero-order valence-corrected chi connectivity index (χ0v) is 9.07. The topological polar surface area (TPSA) is 71.4 Å². The van der Waals surface area contributed by atoms with E-state index < -0.39 is 15.4 Å². The van der Waals surface area contributed by atoms with Crippen LogP contribution in [0.25, 0.3) is 0 Å². The van der Waals surface area contributed by atoms with Crippen LogP contribution in [0.3, 0.4) is 0 Å². The molecule has 82 valence electrons. The van der Waals surface area contributed by atoms with Gasteiger partial charge in [0.2, 0.25) is 0 Å². The Balaban J connectivity index is 3.10. The van der Waals surface area contributed by atoms with E-state index in [1.54, 1.807) is 24.3 Å². The van der Waals surface area contributed by atoms with Crippen LogP contribution in [0, 0.1) is 6.92 Å². The average molecular weight is 228 g/mol. The summed E-state index contributed by atoms with van der Waals surface area (Å²) in [5.41, 5.74) is 1.41. The van der Waals surface area contributed by atoms with Crippen LogP contribution in [0.4, 0.5) is 0 Å². The third-order valence-electron chi connectivity index (χ3n) is 2.12. The van der Waals surface area contributed by atoms with E-state index in [2.05, 4.69) is 0 Å². The molecule has 0 fully saturated rings. The zero-order chi connectivity index (χ0) is 11.5. The molecule has 0 spiro atoms. The van der Waals surface area contributed by atoms with Crippen molar-refractivity contribution in [1.29, 1.82) is 0 Å². The summed E-state index contributed by atoms with van der Waals surface area (Å²) in [5.74, 6) is 0. The van der Waals surface area contributed by atoms with Gasteiger partial charge < -0.3 is 4.79 Å². The van der Waals surface area contributed by atoms with Crippen LogP contribution in [0.1, 0.15) is 22.8 Å². The van der Waals surface area contributed by atoms with Gasteiger partial charge in [0, 0.05) is 6.42 Å². The van der Waals surface area contributed by atoms with Gasteiger partial charge in [0.15, 0.2) is 0 Å². The Labute approximate surface area is 88.7 Å². The first-order valence-corrected chi connectivity index (χ1v) is 5.92. The second kappa shape index (κ2) is 4.55. The van der Waals surface area contributed by atoms with Crippen LogP contribution in [0.2, 0.25) is 0 Å². The summed E-state index contributed by atoms with van der Waals surface area (Å²) in [6, 6.07) is 6.66. The molecule has 0 saturated heterocycles. The lowest BCUT2D eigenvalue weighted by molar-refractivity contribution is -0.107. The van der Waals surface area contributed by atoms with E-state index in [0.717, 1.165) is 5.56 Å². The second-order valence-corrected chi connectivity index (χ2v) is 4.92. The molecular weight excluding hydrogens is 216 g/mol. The fraction of sp³-hybridized carbons (Fsp3) is 0.300. The Morgan fingerprint density at radius 1 is 1.33 bits per heavy atom. The highest BCUT2D eigenvalue weighted by Gasteiger charge is 2.24. The molecule has 0 aliphatic rings. The van der Waals surface area contributed by atoms with Gasteiger partial charge in [-0.3, -0.25) is 4.55 Å². The maximum atomic E-state index is 11.0. The van der Waals surface area contributed by atoms with Gasteiger partial charge in [0.05, 0.1) is 0 Å². The second-order valence-electron chi connectivity index (χ2n) is 3.32. The minimum atomic E-state index is -4.22. The van der Waals surface area contributed by atoms with E-state index in [1.165, 1.54) is 0 Å². The van der Waals surface area contributed by atoms with E-state index in [1.807, 2.05) is 6.92 Å². The minimum Gasteiger partial charge on any atom is -0.303 e. The van der Waals surface area contributed by atoms with Gasteiger partial charge in [0.25, 0.3) is 10.1 Å². The maximum absolute atomic E-state index is 11.0. The maximum Gasteiger partial charge on any atom is 0.272 e. The highest BCUT2D eigenvalue weighted by molar-refractivity contribution is 7.86. The highest BCUT2D eigenvalue weighted by atomic mass is 32.2. The van der Waals surface area contributed by atoms with Crippen LogP contribution >= 0.6 is 0 Å². The molecule has 1 rings (SSSR count). The van der Waals surface area contributed by atoms with E-state index in [-0.39, 0.29) is 6.42 Å². The zero-order valence-electron chi connectivity index (χ0n) is 8.25. The molecule has 1 atom stereocenters. The van der Waals surface area contributed by atoms with Crippen LogP contribution in [0.5, 0.6) is 0 Å². The van der Waals surface area contributed by atoms with Crippen molar-refractivity contribution in [2.24, 2.45) is 0 Å². The number of carbonyl (C=O) groups excluding carboxylic acids is 1. The Morgan fingerprint density at radius 3 is 2.27 bits per heavy atom. The standard InChI is InChI=1S/C10H12O4S/c1-8-2-4-9(5-3-8)10(6-7-11)15(12,13)14/h2-5,7,10H,6H2,1H3,(H,12,13,14). The monoisotopic (exact) mass is 228 g/mol. The molecule has 0 aliphatic heterocycles. The number of hydrogen-bond acceptors (Lipinski definition) is 3. The summed E-state index contributed by atoms with van der Waals surface area (Å²) >= 11 is 0. The quantitative estimate of drug-likeness (QED) is 0.626. The van der Waals surface area contributed by atoms with Crippen LogP contribution in [-0.4, -0.2) is 19.3 Å². The summed E-state index contributed by atoms with van der Waals surface area (Å²) in [6.07, 6.45) is 0.250. The third kappa shape index (κ3) is 3.14. The normalized spacial score (nSPS) is 13.5. The fourth-order valence-corrected chi connectivity index (χ4v) is 2.12. The highest BCUT2D eigenvalue weighted by Crippen LogP contribution is 2.24. The first-order valence-electron chi connectivity index (χ1n) is 4.41. The first-order chi connectivity index (χ1) is 6.95. The lowest BCUT2D eigenvalue weighted by Crippen LogP contribution is -2.12. The number of aldehydes is 1. The van der Waals surface area contributed by atoms with Gasteiger partial charge >= 0.3 is 0 Å². The fourth-order valence-electron chi connectivity index (χ4n) is 1.30. The Bertz CT molecular complexity index is 433. The number of benzene rings is 1. The molecule has 0 amide bonds. The Morgan fingerprint density at radius 2 is 1.87 bits per heavy atom. The van der Waals surface area contributed by atoms with Gasteiger partial charge in [-0.15, -0.1) is 0 Å². The molecule has 1 N–H and O–H groups in total. The first kappa shape index (κ1) is 11.9. The van der Waals surface area contributed by atoms with Crippen LogP contribution in [0.15, 0.2) is 24.3 Å². The Kier molecular flexibility index (Phi) is 3.60. The molecule has 1 aromatic carbocycles. The third-order valence-corrected chi connectivity index (χ3v) is 3.30. The summed E-state index contributed by atoms with van der Waals surface area (Å²) < 4.78 is 31.0. The van der Waals surface area contributed by atoms with Crippen molar-refractivity contribution >= 4 is 16.4 Å². The van der Waals surface area contributed by atoms with Crippen molar-refractivity contribution in [2.45, 2.75) is 18.6 Å². The number of carbonyl (C=O) groups is 1. The molecule has 0 heterocycles. The van der Waals surface area contributed by atoms with Crippen molar-refractivity contribution < 1.29 is 17.8 Å². The van der Waals surface area contributed by atoms with Crippen LogP contribution in [-0.2, 0) is 14.9 Å². The molecule has 1 unspecified atom stereocenters. The lowest BCUT2D eigenvalue weighted by atomic mass is 10.1. The SMILES string of the molecule is Cc1ccc(C(CC=O)S(=O)(=O)O)cc1. The molecule has 4 nitrogen and oxygen atoms in total. The van der Waals surface area contributed by atoms with Gasteiger partial charge in [-0.05, 0) is 12.5 Å².